The number of ether oxygens (including phenoxy) is 1. The van der Waals surface area contributed by atoms with Gasteiger partial charge >= 0.3 is 0 Å². The van der Waals surface area contributed by atoms with Crippen molar-refractivity contribution in [1.29, 1.82) is 0 Å². The first-order valence-electron chi connectivity index (χ1n) is 16.1. The van der Waals surface area contributed by atoms with E-state index in [1.165, 1.54) is 0 Å². The number of fused-ring (bicyclic) bond motifs is 1. The molecule has 0 amide bonds. The predicted octanol–water partition coefficient (Wildman–Crippen LogP) is 9.12. The molecule has 0 saturated carbocycles. The van der Waals surface area contributed by atoms with E-state index in [-0.39, 0.29) is 0 Å². The average Bonchev–Trinajstić information content (AvgIpc) is 3.06. The topological polar surface area (TPSA) is 58.5 Å². The third-order valence-corrected chi connectivity index (χ3v) is 8.57. The van der Waals surface area contributed by atoms with Crippen LogP contribution in [0.1, 0.15) is 67.0 Å². The molecule has 5 aromatic rings. The number of hydrogen-bond acceptors (Lipinski definition) is 5. The molecule has 1 N–H and O–H groups in total. The minimum atomic E-state index is -1.25. The van der Waals surface area contributed by atoms with Crippen LogP contribution in [0.5, 0.6) is 5.88 Å². The molecule has 0 aliphatic heterocycles. The fourth-order valence-electron chi connectivity index (χ4n) is 6.27. The minimum absolute atomic E-state index is 0.454. The molecule has 0 aliphatic rings. The van der Waals surface area contributed by atoms with Gasteiger partial charge in [0, 0.05) is 54.0 Å². The van der Waals surface area contributed by atoms with Crippen LogP contribution < -0.4 is 4.74 Å². The van der Waals surface area contributed by atoms with E-state index in [2.05, 4.69) is 73.3 Å². The lowest BCUT2D eigenvalue weighted by Gasteiger charge is -2.38. The van der Waals surface area contributed by atoms with Gasteiger partial charge in [0.2, 0.25) is 5.88 Å². The zero-order valence-electron chi connectivity index (χ0n) is 27.3. The second-order valence-corrected chi connectivity index (χ2v) is 12.3. The summed E-state index contributed by atoms with van der Waals surface area (Å²) in [5.74, 6) is 0.556. The van der Waals surface area contributed by atoms with Gasteiger partial charge in [-0.1, -0.05) is 91.5 Å². The number of aromatic nitrogens is 2. The molecule has 0 saturated heterocycles. The summed E-state index contributed by atoms with van der Waals surface area (Å²) >= 11 is 0. The second kappa shape index (κ2) is 15.0. The fourth-order valence-corrected chi connectivity index (χ4v) is 6.27. The number of aryl methyl sites for hydroxylation is 1. The highest BCUT2D eigenvalue weighted by atomic mass is 16.5. The molecule has 5 nitrogen and oxygen atoms in total. The van der Waals surface area contributed by atoms with E-state index in [0.717, 1.165) is 76.9 Å². The molecular weight excluding hydrogens is 566 g/mol. The number of rotatable bonds is 15. The first-order chi connectivity index (χ1) is 22.2. The van der Waals surface area contributed by atoms with E-state index in [9.17, 15) is 5.11 Å². The summed E-state index contributed by atoms with van der Waals surface area (Å²) in [4.78, 5) is 11.8. The van der Waals surface area contributed by atoms with Gasteiger partial charge in [0.1, 0.15) is 5.60 Å². The van der Waals surface area contributed by atoms with E-state index >= 15 is 0 Å². The van der Waals surface area contributed by atoms with Crippen molar-refractivity contribution in [1.82, 2.24) is 14.9 Å². The van der Waals surface area contributed by atoms with Crippen LogP contribution >= 0.6 is 0 Å². The van der Waals surface area contributed by atoms with Crippen molar-refractivity contribution >= 4 is 10.9 Å². The summed E-state index contributed by atoms with van der Waals surface area (Å²) in [6.45, 7) is 15.9. The Morgan fingerprint density at radius 3 is 2.26 bits per heavy atom. The lowest BCUT2D eigenvalue weighted by atomic mass is 9.71. The minimum Gasteiger partial charge on any atom is -0.444 e. The molecule has 0 aliphatic carbocycles. The summed E-state index contributed by atoms with van der Waals surface area (Å²) in [5, 5.41) is 14.1. The van der Waals surface area contributed by atoms with Crippen molar-refractivity contribution in [3.05, 3.63) is 162 Å². The van der Waals surface area contributed by atoms with Crippen LogP contribution in [0.3, 0.4) is 0 Å². The molecule has 3 aromatic carbocycles. The number of aliphatic hydroxyl groups is 1. The molecular formula is C41H45N3O2. The van der Waals surface area contributed by atoms with Crippen LogP contribution in [0.4, 0.5) is 0 Å². The van der Waals surface area contributed by atoms with E-state index in [1.807, 2.05) is 79.9 Å². The Hall–Kier alpha value is -4.74. The van der Waals surface area contributed by atoms with Gasteiger partial charge in [-0.3, -0.25) is 4.98 Å². The van der Waals surface area contributed by atoms with Crippen LogP contribution in [0.15, 0.2) is 134 Å². The number of nitrogens with zero attached hydrogens (tertiary/aromatic N) is 3. The van der Waals surface area contributed by atoms with E-state index in [4.69, 9.17) is 9.72 Å². The highest BCUT2D eigenvalue weighted by Crippen LogP contribution is 2.48. The number of pyridine rings is 2. The normalized spacial score (nSPS) is 13.1. The molecule has 0 radical (unpaired) electrons. The second-order valence-electron chi connectivity index (χ2n) is 12.3. The van der Waals surface area contributed by atoms with Gasteiger partial charge in [-0.25, -0.2) is 4.98 Å². The Labute approximate surface area is 273 Å². The molecule has 0 spiro atoms. The largest absolute Gasteiger partial charge is 0.444 e. The number of benzene rings is 3. The van der Waals surface area contributed by atoms with Crippen molar-refractivity contribution in [3.8, 4) is 5.88 Å². The quantitative estimate of drug-likeness (QED) is 0.0945. The summed E-state index contributed by atoms with van der Waals surface area (Å²) in [6.07, 6.45) is 4.94. The Morgan fingerprint density at radius 1 is 0.870 bits per heavy atom. The molecule has 5 rings (SSSR count). The lowest BCUT2D eigenvalue weighted by Crippen LogP contribution is -2.35. The van der Waals surface area contributed by atoms with Crippen molar-refractivity contribution < 1.29 is 9.84 Å². The van der Waals surface area contributed by atoms with Gasteiger partial charge in [0.15, 0.2) is 0 Å². The fraction of sp³-hybridized carbons (Fsp3) is 0.268. The van der Waals surface area contributed by atoms with Gasteiger partial charge in [-0.15, -0.1) is 0 Å². The predicted molar refractivity (Wildman–Crippen MR) is 189 cm³/mol. The third-order valence-electron chi connectivity index (χ3n) is 8.57. The van der Waals surface area contributed by atoms with Crippen molar-refractivity contribution in [2.24, 2.45) is 0 Å². The number of allylic oxidation sites excluding steroid dienone is 2. The Morgan fingerprint density at radius 2 is 1.59 bits per heavy atom. The smallest absolute Gasteiger partial charge is 0.223 e. The first kappa shape index (κ1) is 32.6. The number of unbranched alkanes of at least 4 members (excludes halogenated alkanes) is 1. The maximum Gasteiger partial charge on any atom is 0.223 e. The van der Waals surface area contributed by atoms with E-state index in [0.29, 0.717) is 18.1 Å². The molecule has 2 heterocycles. The van der Waals surface area contributed by atoms with Crippen LogP contribution in [-0.4, -0.2) is 33.1 Å². The summed E-state index contributed by atoms with van der Waals surface area (Å²) in [7, 11) is 0. The zero-order chi connectivity index (χ0) is 32.5. The van der Waals surface area contributed by atoms with Crippen LogP contribution in [0.2, 0.25) is 0 Å². The van der Waals surface area contributed by atoms with Crippen LogP contribution in [0, 0.1) is 6.92 Å². The SMILES string of the molecule is C=C(C)Oc1nc2ccc(C)cc2cc1C(c1ccccc1)C(O)(CCCCN(CCc1ccccn1)C(=C)C)c1ccccc1. The Balaban J connectivity index is 1.51. The maximum absolute atomic E-state index is 13.1. The van der Waals surface area contributed by atoms with Gasteiger partial charge in [-0.2, -0.15) is 0 Å². The van der Waals surface area contributed by atoms with Crippen molar-refractivity contribution in [3.63, 3.8) is 0 Å². The standard InChI is InChI=1S/C41H45N3O2/c1-30(2)44(27-23-36-20-12-14-25-42-36)26-15-13-24-41(45,35-18-10-7-11-19-35)39(33-16-8-6-9-17-33)37-29-34-28-32(5)21-22-38(34)43-40(37)46-31(3)4/h6-12,14,16-22,25,28-29,39,45H,1,3,13,15,23-24,26-27H2,2,4-5H3. The monoisotopic (exact) mass is 611 g/mol. The summed E-state index contributed by atoms with van der Waals surface area (Å²) < 4.78 is 6.23. The van der Waals surface area contributed by atoms with Gasteiger partial charge < -0.3 is 14.7 Å². The molecule has 236 valence electrons. The van der Waals surface area contributed by atoms with Gasteiger partial charge in [0.05, 0.1) is 11.3 Å². The highest BCUT2D eigenvalue weighted by Gasteiger charge is 2.42. The summed E-state index contributed by atoms with van der Waals surface area (Å²) in [6, 6.07) is 34.7. The van der Waals surface area contributed by atoms with E-state index < -0.39 is 11.5 Å². The molecule has 0 fully saturated rings. The Kier molecular flexibility index (Phi) is 10.7. The van der Waals surface area contributed by atoms with Crippen molar-refractivity contribution in [2.45, 2.75) is 58.0 Å². The van der Waals surface area contributed by atoms with E-state index in [1.54, 1.807) is 0 Å². The van der Waals surface area contributed by atoms with Crippen LogP contribution in [0.25, 0.3) is 10.9 Å². The molecule has 2 unspecified atom stereocenters. The van der Waals surface area contributed by atoms with Gasteiger partial charge in [-0.05, 0) is 81.5 Å². The number of hydrogen-bond donors (Lipinski definition) is 1. The lowest BCUT2D eigenvalue weighted by molar-refractivity contribution is 0.00677. The maximum atomic E-state index is 13.1. The Bertz CT molecular complexity index is 1760. The zero-order valence-corrected chi connectivity index (χ0v) is 27.3. The highest BCUT2D eigenvalue weighted by molar-refractivity contribution is 5.81. The van der Waals surface area contributed by atoms with Gasteiger partial charge in [0.25, 0.3) is 0 Å². The third kappa shape index (κ3) is 7.91. The molecule has 5 heteroatoms. The molecule has 2 aromatic heterocycles. The summed E-state index contributed by atoms with van der Waals surface area (Å²) in [5.41, 5.74) is 5.53. The van der Waals surface area contributed by atoms with Crippen LogP contribution in [-0.2, 0) is 12.0 Å². The first-order valence-corrected chi connectivity index (χ1v) is 16.1. The molecule has 0 bridgehead atoms. The molecule has 46 heavy (non-hydrogen) atoms. The molecule has 2 atom stereocenters. The van der Waals surface area contributed by atoms with Crippen molar-refractivity contribution in [2.75, 3.05) is 13.1 Å². The average molecular weight is 612 g/mol.